The second kappa shape index (κ2) is 6.64. The topological polar surface area (TPSA) is 27.6 Å². The summed E-state index contributed by atoms with van der Waals surface area (Å²) in [6, 6.07) is 4.80. The Morgan fingerprint density at radius 2 is 2.18 bits per heavy atom. The Balaban J connectivity index is 2.53. The van der Waals surface area contributed by atoms with E-state index in [1.807, 2.05) is 30.3 Å². The van der Waals surface area contributed by atoms with E-state index in [1.54, 1.807) is 0 Å². The highest BCUT2D eigenvalue weighted by atomic mass is 32.1. The van der Waals surface area contributed by atoms with Gasteiger partial charge in [-0.25, -0.2) is 0 Å². The van der Waals surface area contributed by atoms with E-state index in [4.69, 9.17) is 0 Å². The molecule has 0 fully saturated rings. The van der Waals surface area contributed by atoms with Crippen LogP contribution < -0.4 is 5.32 Å². The number of hydrogen-bond donors (Lipinski definition) is 1. The Bertz CT molecular complexity index is 368. The van der Waals surface area contributed by atoms with Crippen LogP contribution in [0.15, 0.2) is 17.1 Å². The maximum absolute atomic E-state index is 4.45. The highest BCUT2D eigenvalue weighted by molar-refractivity contribution is 7.11. The van der Waals surface area contributed by atoms with Gasteiger partial charge in [-0.2, -0.15) is 0 Å². The molecule has 0 bridgehead atoms. The molecule has 0 aliphatic heterocycles. The molecule has 0 aliphatic rings. The third kappa shape index (κ3) is 4.77. The van der Waals surface area contributed by atoms with Crippen molar-refractivity contribution in [1.82, 2.24) is 10.2 Å². The van der Waals surface area contributed by atoms with Gasteiger partial charge in [0.25, 0.3) is 0 Å². The van der Waals surface area contributed by atoms with Gasteiger partial charge in [0.2, 0.25) is 0 Å². The first-order chi connectivity index (χ1) is 8.02. The van der Waals surface area contributed by atoms with Crippen molar-refractivity contribution in [3.8, 4) is 0 Å². The summed E-state index contributed by atoms with van der Waals surface area (Å²) in [6.07, 6.45) is 1.05. The van der Waals surface area contributed by atoms with Gasteiger partial charge in [-0.05, 0) is 32.9 Å². The molecule has 1 atom stereocenters. The summed E-state index contributed by atoms with van der Waals surface area (Å²) in [5, 5.41) is 3.46. The monoisotopic (exact) mass is 253 g/mol. The Morgan fingerprint density at radius 1 is 1.47 bits per heavy atom. The molecule has 0 aliphatic carbocycles. The van der Waals surface area contributed by atoms with E-state index in [9.17, 15) is 0 Å². The second-order valence-corrected chi connectivity index (χ2v) is 5.83. The van der Waals surface area contributed by atoms with Gasteiger partial charge in [-0.3, -0.25) is 4.99 Å². The molecule has 0 saturated carbocycles. The van der Waals surface area contributed by atoms with Gasteiger partial charge in [-0.15, -0.1) is 11.3 Å². The van der Waals surface area contributed by atoms with Gasteiger partial charge in [0, 0.05) is 42.9 Å². The van der Waals surface area contributed by atoms with Crippen molar-refractivity contribution >= 4 is 17.3 Å². The third-order valence-electron chi connectivity index (χ3n) is 2.41. The fourth-order valence-electron chi connectivity index (χ4n) is 1.63. The normalized spacial score (nSPS) is 13.6. The number of nitrogens with one attached hydrogen (secondary N) is 1. The Hall–Kier alpha value is -1.03. The summed E-state index contributed by atoms with van der Waals surface area (Å²) >= 11 is 1.87. The minimum Gasteiger partial charge on any atom is -0.353 e. The molecular weight excluding hydrogens is 230 g/mol. The first kappa shape index (κ1) is 14.0. The third-order valence-corrected chi connectivity index (χ3v) is 3.43. The van der Waals surface area contributed by atoms with Crippen LogP contribution in [0.2, 0.25) is 0 Å². The first-order valence-electron chi connectivity index (χ1n) is 6.06. The zero-order chi connectivity index (χ0) is 12.8. The van der Waals surface area contributed by atoms with Gasteiger partial charge in [-0.1, -0.05) is 0 Å². The van der Waals surface area contributed by atoms with Gasteiger partial charge in [0.05, 0.1) is 0 Å². The van der Waals surface area contributed by atoms with Crippen LogP contribution in [-0.2, 0) is 6.42 Å². The summed E-state index contributed by atoms with van der Waals surface area (Å²) < 4.78 is 0. The zero-order valence-corrected chi connectivity index (χ0v) is 12.3. The van der Waals surface area contributed by atoms with Crippen LogP contribution in [0.4, 0.5) is 0 Å². The van der Waals surface area contributed by atoms with E-state index in [2.05, 4.69) is 43.2 Å². The Morgan fingerprint density at radius 3 is 2.65 bits per heavy atom. The summed E-state index contributed by atoms with van der Waals surface area (Å²) in [5.41, 5.74) is 0. The molecule has 17 heavy (non-hydrogen) atoms. The quantitative estimate of drug-likeness (QED) is 0.659. The van der Waals surface area contributed by atoms with E-state index in [1.165, 1.54) is 9.75 Å². The minimum absolute atomic E-state index is 0.403. The number of nitrogens with zero attached hydrogens (tertiary/aromatic N) is 2. The number of hydrogen-bond acceptors (Lipinski definition) is 2. The smallest absolute Gasteiger partial charge is 0.193 e. The SMILES string of the molecule is CCN=C(NC(C)Cc1ccc(C)s1)N(C)C. The molecular formula is C13H23N3S. The predicted molar refractivity (Wildman–Crippen MR) is 77.0 cm³/mol. The van der Waals surface area contributed by atoms with Crippen molar-refractivity contribution in [2.24, 2.45) is 4.99 Å². The molecule has 1 rings (SSSR count). The van der Waals surface area contributed by atoms with Crippen LogP contribution >= 0.6 is 11.3 Å². The molecule has 1 aromatic rings. The minimum atomic E-state index is 0.403. The van der Waals surface area contributed by atoms with Crippen molar-refractivity contribution in [1.29, 1.82) is 0 Å². The highest BCUT2D eigenvalue weighted by Gasteiger charge is 2.08. The molecule has 1 heterocycles. The van der Waals surface area contributed by atoms with Crippen molar-refractivity contribution < 1.29 is 0 Å². The lowest BCUT2D eigenvalue weighted by Crippen LogP contribution is -2.42. The maximum Gasteiger partial charge on any atom is 0.193 e. The largest absolute Gasteiger partial charge is 0.353 e. The number of aliphatic imine (C=N–C) groups is 1. The van der Waals surface area contributed by atoms with Crippen LogP contribution in [-0.4, -0.2) is 37.5 Å². The summed E-state index contributed by atoms with van der Waals surface area (Å²) in [6.45, 7) is 7.21. The van der Waals surface area contributed by atoms with Crippen LogP contribution in [0.5, 0.6) is 0 Å². The number of aryl methyl sites for hydroxylation is 1. The average molecular weight is 253 g/mol. The molecule has 0 saturated heterocycles. The lowest BCUT2D eigenvalue weighted by atomic mass is 10.2. The molecule has 0 aromatic carbocycles. The molecule has 0 radical (unpaired) electrons. The van der Waals surface area contributed by atoms with E-state index in [-0.39, 0.29) is 0 Å². The highest BCUT2D eigenvalue weighted by Crippen LogP contribution is 2.16. The molecule has 4 heteroatoms. The standard InChI is InChI=1S/C13H23N3S/c1-6-14-13(16(4)5)15-10(2)9-12-8-7-11(3)17-12/h7-8,10H,6,9H2,1-5H3,(H,14,15). The lowest BCUT2D eigenvalue weighted by Gasteiger charge is -2.21. The van der Waals surface area contributed by atoms with E-state index >= 15 is 0 Å². The second-order valence-electron chi connectivity index (χ2n) is 4.45. The maximum atomic E-state index is 4.45. The number of rotatable bonds is 4. The fraction of sp³-hybridized carbons (Fsp3) is 0.615. The van der Waals surface area contributed by atoms with Gasteiger partial charge in [0.1, 0.15) is 0 Å². The van der Waals surface area contributed by atoms with Crippen molar-refractivity contribution in [2.45, 2.75) is 33.2 Å². The number of thiophene rings is 1. The summed E-state index contributed by atoms with van der Waals surface area (Å²) in [4.78, 5) is 9.28. The number of guanidine groups is 1. The Kier molecular flexibility index (Phi) is 5.48. The van der Waals surface area contributed by atoms with Crippen LogP contribution in [0.1, 0.15) is 23.6 Å². The van der Waals surface area contributed by atoms with Gasteiger partial charge < -0.3 is 10.2 Å². The average Bonchev–Trinajstić information content (AvgIpc) is 2.63. The molecule has 1 unspecified atom stereocenters. The van der Waals surface area contributed by atoms with Crippen molar-refractivity contribution in [3.63, 3.8) is 0 Å². The van der Waals surface area contributed by atoms with E-state index < -0.39 is 0 Å². The van der Waals surface area contributed by atoms with Gasteiger partial charge in [0.15, 0.2) is 5.96 Å². The van der Waals surface area contributed by atoms with Crippen molar-refractivity contribution in [3.05, 3.63) is 21.9 Å². The molecule has 0 amide bonds. The van der Waals surface area contributed by atoms with Gasteiger partial charge >= 0.3 is 0 Å². The molecule has 0 spiro atoms. The molecule has 96 valence electrons. The van der Waals surface area contributed by atoms with Crippen LogP contribution in [0, 0.1) is 6.92 Å². The fourth-order valence-corrected chi connectivity index (χ4v) is 2.65. The lowest BCUT2D eigenvalue weighted by molar-refractivity contribution is 0.545. The first-order valence-corrected chi connectivity index (χ1v) is 6.88. The summed E-state index contributed by atoms with van der Waals surface area (Å²) in [5.74, 6) is 0.966. The van der Waals surface area contributed by atoms with E-state index in [0.717, 1.165) is 18.9 Å². The molecule has 3 nitrogen and oxygen atoms in total. The zero-order valence-electron chi connectivity index (χ0n) is 11.4. The molecule has 1 aromatic heterocycles. The summed E-state index contributed by atoms with van der Waals surface area (Å²) in [7, 11) is 4.03. The predicted octanol–water partition coefficient (Wildman–Crippen LogP) is 2.51. The van der Waals surface area contributed by atoms with Crippen LogP contribution in [0.25, 0.3) is 0 Å². The van der Waals surface area contributed by atoms with Crippen LogP contribution in [0.3, 0.4) is 0 Å². The molecule has 1 N–H and O–H groups in total. The van der Waals surface area contributed by atoms with E-state index in [0.29, 0.717) is 6.04 Å². The Labute approximate surface area is 109 Å². The van der Waals surface area contributed by atoms with Crippen molar-refractivity contribution in [2.75, 3.05) is 20.6 Å².